The molecule has 32 heavy (non-hydrogen) atoms. The van der Waals surface area contributed by atoms with Crippen molar-refractivity contribution in [3.63, 3.8) is 0 Å². The molecule has 2 aromatic rings. The van der Waals surface area contributed by atoms with E-state index < -0.39 is 11.4 Å². The number of hydrogen-bond donors (Lipinski definition) is 1. The first-order valence-electron chi connectivity index (χ1n) is 11.5. The molecule has 2 aromatic carbocycles. The highest BCUT2D eigenvalue weighted by Crippen LogP contribution is 2.53. The molecule has 1 N–H and O–H groups in total. The molecule has 2 aliphatic carbocycles. The zero-order valence-electron chi connectivity index (χ0n) is 18.9. The number of ketones is 1. The van der Waals surface area contributed by atoms with E-state index in [1.165, 1.54) is 17.5 Å². The van der Waals surface area contributed by atoms with E-state index in [0.717, 1.165) is 19.3 Å². The number of carbonyl (C=O) groups is 2. The average molecular weight is 437 g/mol. The number of methoxy groups -OCH3 is 1. The minimum atomic E-state index is -0.948. The first kappa shape index (κ1) is 22.4. The van der Waals surface area contributed by atoms with Gasteiger partial charge in [0.15, 0.2) is 17.3 Å². The second-order valence-electron chi connectivity index (χ2n) is 9.47. The Hall–Kier alpha value is -2.82. The van der Waals surface area contributed by atoms with E-state index in [0.29, 0.717) is 48.3 Å². The van der Waals surface area contributed by atoms with Crippen LogP contribution in [0.1, 0.15) is 60.0 Å². The molecular formula is C27H32O5. The summed E-state index contributed by atoms with van der Waals surface area (Å²) in [5.74, 6) is 1.43. The first-order valence-corrected chi connectivity index (χ1v) is 11.5. The molecule has 0 heterocycles. The van der Waals surface area contributed by atoms with Gasteiger partial charge in [-0.25, -0.2) is 0 Å². The number of aliphatic carboxylic acids is 1. The van der Waals surface area contributed by atoms with Crippen LogP contribution in [0.25, 0.3) is 0 Å². The van der Waals surface area contributed by atoms with Crippen LogP contribution in [0.2, 0.25) is 0 Å². The molecule has 0 bridgehead atoms. The molecule has 2 saturated carbocycles. The monoisotopic (exact) mass is 436 g/mol. The zero-order chi connectivity index (χ0) is 22.7. The summed E-state index contributed by atoms with van der Waals surface area (Å²) in [4.78, 5) is 25.3. The van der Waals surface area contributed by atoms with E-state index in [2.05, 4.69) is 25.1 Å². The number of rotatable bonds is 9. The maximum absolute atomic E-state index is 13.2. The summed E-state index contributed by atoms with van der Waals surface area (Å²) in [5, 5.41) is 9.99. The van der Waals surface area contributed by atoms with Crippen LogP contribution in [0, 0.1) is 24.2 Å². The minimum Gasteiger partial charge on any atom is -0.493 e. The van der Waals surface area contributed by atoms with Crippen LogP contribution in [0.15, 0.2) is 42.5 Å². The highest BCUT2D eigenvalue weighted by Gasteiger charge is 2.48. The number of carboxylic acid groups (broad SMARTS) is 1. The maximum atomic E-state index is 13.2. The van der Waals surface area contributed by atoms with Crippen molar-refractivity contribution < 1.29 is 24.2 Å². The van der Waals surface area contributed by atoms with Crippen molar-refractivity contribution in [1.29, 1.82) is 0 Å². The summed E-state index contributed by atoms with van der Waals surface area (Å²) >= 11 is 0. The van der Waals surface area contributed by atoms with Crippen LogP contribution in [0.5, 0.6) is 11.5 Å². The molecule has 0 aliphatic heterocycles. The number of Topliss-reactive ketones (excluding diaryl/α,β-unsaturated/α-hetero) is 1. The van der Waals surface area contributed by atoms with E-state index in [-0.39, 0.29) is 12.2 Å². The number of fused-ring (bicyclic) bond motifs is 1. The zero-order valence-corrected chi connectivity index (χ0v) is 18.9. The van der Waals surface area contributed by atoms with Crippen molar-refractivity contribution in [2.24, 2.45) is 17.3 Å². The van der Waals surface area contributed by atoms with Crippen LogP contribution in [-0.2, 0) is 11.2 Å². The molecule has 170 valence electrons. The van der Waals surface area contributed by atoms with Crippen molar-refractivity contribution in [2.75, 3.05) is 13.7 Å². The lowest BCUT2D eigenvalue weighted by Gasteiger charge is -2.28. The summed E-state index contributed by atoms with van der Waals surface area (Å²) in [5.41, 5.74) is 1.92. The molecule has 2 aliphatic rings. The topological polar surface area (TPSA) is 72.8 Å². The highest BCUT2D eigenvalue weighted by atomic mass is 16.5. The van der Waals surface area contributed by atoms with E-state index in [9.17, 15) is 14.7 Å². The third kappa shape index (κ3) is 4.98. The van der Waals surface area contributed by atoms with Gasteiger partial charge < -0.3 is 14.6 Å². The Morgan fingerprint density at radius 1 is 1.06 bits per heavy atom. The summed E-state index contributed by atoms with van der Waals surface area (Å²) in [7, 11) is 1.57. The Bertz CT molecular complexity index is 983. The summed E-state index contributed by atoms with van der Waals surface area (Å²) in [6.45, 7) is 2.52. The third-order valence-electron chi connectivity index (χ3n) is 7.23. The van der Waals surface area contributed by atoms with Gasteiger partial charge in [0, 0.05) is 18.4 Å². The number of ether oxygens (including phenoxy) is 2. The molecule has 2 atom stereocenters. The lowest BCUT2D eigenvalue weighted by atomic mass is 9.74. The quantitative estimate of drug-likeness (QED) is 0.527. The Morgan fingerprint density at radius 2 is 1.81 bits per heavy atom. The van der Waals surface area contributed by atoms with Gasteiger partial charge in [-0.15, -0.1) is 0 Å². The predicted molar refractivity (Wildman–Crippen MR) is 122 cm³/mol. The SMILES string of the molecule is COc1ccc(C(=O)CC2(C(=O)O)CCC3CC3CC2)cc1OCCc1cccc(C)c1. The van der Waals surface area contributed by atoms with Gasteiger partial charge in [0.2, 0.25) is 0 Å². The van der Waals surface area contributed by atoms with Crippen molar-refractivity contribution in [1.82, 2.24) is 0 Å². The Morgan fingerprint density at radius 3 is 2.47 bits per heavy atom. The van der Waals surface area contributed by atoms with Gasteiger partial charge in [0.05, 0.1) is 19.1 Å². The summed E-state index contributed by atoms with van der Waals surface area (Å²) in [6, 6.07) is 13.4. The lowest BCUT2D eigenvalue weighted by Crippen LogP contribution is -2.33. The van der Waals surface area contributed by atoms with Gasteiger partial charge in [-0.05, 0) is 74.6 Å². The molecule has 5 nitrogen and oxygen atoms in total. The number of hydrogen-bond acceptors (Lipinski definition) is 4. The van der Waals surface area contributed by atoms with Gasteiger partial charge in [-0.3, -0.25) is 9.59 Å². The van der Waals surface area contributed by atoms with Crippen LogP contribution in [0.4, 0.5) is 0 Å². The molecule has 2 fully saturated rings. The van der Waals surface area contributed by atoms with E-state index in [1.54, 1.807) is 25.3 Å². The second kappa shape index (κ2) is 9.35. The fourth-order valence-electron chi connectivity index (χ4n) is 5.05. The largest absolute Gasteiger partial charge is 0.493 e. The number of aryl methyl sites for hydroxylation is 1. The van der Waals surface area contributed by atoms with Crippen molar-refractivity contribution in [3.05, 3.63) is 59.2 Å². The van der Waals surface area contributed by atoms with Gasteiger partial charge >= 0.3 is 5.97 Å². The van der Waals surface area contributed by atoms with Gasteiger partial charge in [0.1, 0.15) is 0 Å². The summed E-state index contributed by atoms with van der Waals surface area (Å²) in [6.07, 6.45) is 5.02. The van der Waals surface area contributed by atoms with E-state index >= 15 is 0 Å². The van der Waals surface area contributed by atoms with Gasteiger partial charge in [0.25, 0.3) is 0 Å². The van der Waals surface area contributed by atoms with Crippen molar-refractivity contribution in [2.45, 2.75) is 51.9 Å². The van der Waals surface area contributed by atoms with Crippen LogP contribution in [-0.4, -0.2) is 30.6 Å². The van der Waals surface area contributed by atoms with E-state index in [1.807, 2.05) is 6.07 Å². The number of benzene rings is 2. The standard InChI is InChI=1S/C27H32O5/c1-18-4-3-5-19(14-18)10-13-32-25-16-22(6-7-24(25)31-2)23(28)17-27(26(29)30)11-8-20-15-21(20)9-12-27/h3-7,14,16,20-21H,8-13,15,17H2,1-2H3,(H,29,30). The van der Waals surface area contributed by atoms with Crippen LogP contribution < -0.4 is 9.47 Å². The Kier molecular flexibility index (Phi) is 6.54. The molecule has 0 amide bonds. The number of carboxylic acids is 1. The first-order chi connectivity index (χ1) is 15.4. The fraction of sp³-hybridized carbons (Fsp3) is 0.481. The predicted octanol–water partition coefficient (Wildman–Crippen LogP) is 5.48. The minimum absolute atomic E-state index is 0.0385. The van der Waals surface area contributed by atoms with Crippen LogP contribution >= 0.6 is 0 Å². The smallest absolute Gasteiger partial charge is 0.310 e. The number of carbonyl (C=O) groups excluding carboxylic acids is 1. The lowest BCUT2D eigenvalue weighted by molar-refractivity contribution is -0.149. The molecule has 0 saturated heterocycles. The van der Waals surface area contributed by atoms with Crippen molar-refractivity contribution in [3.8, 4) is 11.5 Å². The Balaban J connectivity index is 1.45. The van der Waals surface area contributed by atoms with Crippen molar-refractivity contribution >= 4 is 11.8 Å². The third-order valence-corrected chi connectivity index (χ3v) is 7.23. The molecule has 0 spiro atoms. The fourth-order valence-corrected chi connectivity index (χ4v) is 5.05. The molecule has 2 unspecified atom stereocenters. The molecule has 5 heteroatoms. The van der Waals surface area contributed by atoms with Gasteiger partial charge in [-0.2, -0.15) is 0 Å². The Labute approximate surface area is 189 Å². The highest BCUT2D eigenvalue weighted by molar-refractivity contribution is 5.99. The average Bonchev–Trinajstić information content (AvgIpc) is 3.55. The summed E-state index contributed by atoms with van der Waals surface area (Å²) < 4.78 is 11.4. The van der Waals surface area contributed by atoms with Gasteiger partial charge in [-0.1, -0.05) is 29.8 Å². The molecule has 4 rings (SSSR count). The normalized spacial score (nSPS) is 24.2. The van der Waals surface area contributed by atoms with Crippen LogP contribution in [0.3, 0.4) is 0 Å². The second-order valence-corrected chi connectivity index (χ2v) is 9.47. The molecule has 0 radical (unpaired) electrons. The van der Waals surface area contributed by atoms with E-state index in [4.69, 9.17) is 9.47 Å². The molecule has 0 aromatic heterocycles. The maximum Gasteiger partial charge on any atom is 0.310 e. The molecular weight excluding hydrogens is 404 g/mol.